The average molecular weight is 323 g/mol. The van der Waals surface area contributed by atoms with Crippen molar-refractivity contribution in [2.24, 2.45) is 5.73 Å². The van der Waals surface area contributed by atoms with Crippen LogP contribution in [0.25, 0.3) is 0 Å². The van der Waals surface area contributed by atoms with Crippen molar-refractivity contribution in [2.75, 3.05) is 0 Å². The molecule has 0 unspecified atom stereocenters. The van der Waals surface area contributed by atoms with Crippen molar-refractivity contribution in [3.05, 3.63) is 57.1 Å². The van der Waals surface area contributed by atoms with Crippen LogP contribution in [0.15, 0.2) is 24.3 Å². The molecule has 0 fully saturated rings. The van der Waals surface area contributed by atoms with Crippen LogP contribution in [0.5, 0.6) is 0 Å². The summed E-state index contributed by atoms with van der Waals surface area (Å²) in [5.41, 5.74) is 7.42. The van der Waals surface area contributed by atoms with Crippen LogP contribution in [0, 0.1) is 25.2 Å². The summed E-state index contributed by atoms with van der Waals surface area (Å²) in [4.78, 5) is 18.4. The molecular weight excluding hydrogens is 311 g/mol. The Morgan fingerprint density at radius 2 is 1.62 bits per heavy atom. The van der Waals surface area contributed by atoms with Crippen molar-refractivity contribution >= 4 is 29.1 Å². The number of hydrogen-bond donors (Lipinski definition) is 1. The molecule has 0 spiro atoms. The van der Waals surface area contributed by atoms with E-state index in [2.05, 4.69) is 9.97 Å². The lowest BCUT2D eigenvalue weighted by atomic mass is 10.2. The Morgan fingerprint density at radius 1 is 1.10 bits per heavy atom. The summed E-state index contributed by atoms with van der Waals surface area (Å²) in [6.07, 6.45) is 0. The summed E-state index contributed by atoms with van der Waals surface area (Å²) in [6.45, 7) is 3.55. The lowest BCUT2D eigenvalue weighted by molar-refractivity contribution is 0.1000. The Labute approximate surface area is 132 Å². The summed E-state index contributed by atoms with van der Waals surface area (Å²) >= 11 is 11.1. The van der Waals surface area contributed by atoms with Gasteiger partial charge in [0.25, 0.3) is 0 Å². The number of nitrogens with two attached hydrogens (primary N) is 1. The van der Waals surface area contributed by atoms with E-state index in [-0.39, 0.29) is 0 Å². The molecule has 108 valence electrons. The number of nitrogens with zero attached hydrogens (tertiary/aromatic N) is 3. The fourth-order valence-electron chi connectivity index (χ4n) is 1.46. The van der Waals surface area contributed by atoms with Crippen molar-refractivity contribution in [1.29, 1.82) is 5.26 Å². The van der Waals surface area contributed by atoms with Crippen molar-refractivity contribution in [1.82, 2.24) is 9.97 Å². The number of primary amides is 1. The lowest BCUT2D eigenvalue weighted by Gasteiger charge is -1.97. The van der Waals surface area contributed by atoms with E-state index in [4.69, 9.17) is 34.2 Å². The Bertz CT molecular complexity index is 670. The number of carbonyl (C=O) groups is 1. The van der Waals surface area contributed by atoms with Gasteiger partial charge in [0.1, 0.15) is 10.3 Å². The van der Waals surface area contributed by atoms with Crippen LogP contribution >= 0.6 is 23.2 Å². The second-order valence-corrected chi connectivity index (χ2v) is 4.89. The number of pyridine rings is 2. The predicted octanol–water partition coefficient (Wildman–Crippen LogP) is 3.06. The second kappa shape index (κ2) is 7.58. The molecular formula is C14H12Cl2N4O. The molecule has 21 heavy (non-hydrogen) atoms. The molecule has 0 saturated carbocycles. The van der Waals surface area contributed by atoms with E-state index < -0.39 is 5.91 Å². The minimum atomic E-state index is -0.489. The predicted molar refractivity (Wildman–Crippen MR) is 81.2 cm³/mol. The number of carbonyl (C=O) groups excluding carboxylic acids is 1. The number of amides is 1. The van der Waals surface area contributed by atoms with Gasteiger partial charge in [-0.1, -0.05) is 23.2 Å². The molecule has 0 radical (unpaired) electrons. The zero-order valence-electron chi connectivity index (χ0n) is 11.4. The van der Waals surface area contributed by atoms with Gasteiger partial charge in [-0.25, -0.2) is 9.97 Å². The molecule has 0 aliphatic carbocycles. The first kappa shape index (κ1) is 16.9. The molecule has 7 heteroatoms. The maximum absolute atomic E-state index is 10.6. The summed E-state index contributed by atoms with van der Waals surface area (Å²) in [5, 5.41) is 9.11. The van der Waals surface area contributed by atoms with Crippen LogP contribution in [0.4, 0.5) is 0 Å². The quantitative estimate of drug-likeness (QED) is 0.816. The third-order valence-electron chi connectivity index (χ3n) is 2.26. The number of hydrogen-bond acceptors (Lipinski definition) is 4. The van der Waals surface area contributed by atoms with E-state index in [0.29, 0.717) is 27.1 Å². The maximum atomic E-state index is 10.6. The highest BCUT2D eigenvalue weighted by molar-refractivity contribution is 6.30. The summed E-state index contributed by atoms with van der Waals surface area (Å²) in [5.74, 6) is -0.489. The third-order valence-corrected chi connectivity index (χ3v) is 2.65. The van der Waals surface area contributed by atoms with Gasteiger partial charge in [0.15, 0.2) is 0 Å². The third kappa shape index (κ3) is 5.78. The van der Waals surface area contributed by atoms with E-state index in [1.165, 1.54) is 12.1 Å². The summed E-state index contributed by atoms with van der Waals surface area (Å²) < 4.78 is 0. The van der Waals surface area contributed by atoms with E-state index in [0.717, 1.165) is 5.69 Å². The molecule has 0 aliphatic heterocycles. The fraction of sp³-hybridized carbons (Fsp3) is 0.143. The Hall–Kier alpha value is -2.16. The van der Waals surface area contributed by atoms with Crippen molar-refractivity contribution in [2.45, 2.75) is 13.8 Å². The first-order valence-corrected chi connectivity index (χ1v) is 6.55. The van der Waals surface area contributed by atoms with Crippen molar-refractivity contribution < 1.29 is 4.79 Å². The maximum Gasteiger partial charge on any atom is 0.248 e. The molecule has 2 N–H and O–H groups in total. The van der Waals surface area contributed by atoms with Crippen LogP contribution in [-0.2, 0) is 0 Å². The van der Waals surface area contributed by atoms with Gasteiger partial charge in [-0.05, 0) is 38.1 Å². The minimum absolute atomic E-state index is 0.291. The average Bonchev–Trinajstić information content (AvgIpc) is 2.37. The molecule has 2 rings (SSSR count). The smallest absolute Gasteiger partial charge is 0.248 e. The Morgan fingerprint density at radius 3 is 2.05 bits per heavy atom. The highest BCUT2D eigenvalue weighted by Crippen LogP contribution is 2.09. The highest BCUT2D eigenvalue weighted by atomic mass is 35.5. The molecule has 0 bridgehead atoms. The molecule has 1 amide bonds. The molecule has 2 aromatic rings. The zero-order chi connectivity index (χ0) is 16.0. The zero-order valence-corrected chi connectivity index (χ0v) is 12.9. The van der Waals surface area contributed by atoms with Gasteiger partial charge in [-0.3, -0.25) is 4.79 Å². The highest BCUT2D eigenvalue weighted by Gasteiger charge is 2.02. The van der Waals surface area contributed by atoms with Crippen LogP contribution in [-0.4, -0.2) is 15.9 Å². The molecule has 5 nitrogen and oxygen atoms in total. The second-order valence-electron chi connectivity index (χ2n) is 4.12. The van der Waals surface area contributed by atoms with Crippen LogP contribution < -0.4 is 5.73 Å². The van der Waals surface area contributed by atoms with E-state index in [1.54, 1.807) is 26.0 Å². The fourth-order valence-corrected chi connectivity index (χ4v) is 1.96. The van der Waals surface area contributed by atoms with Gasteiger partial charge in [-0.2, -0.15) is 5.26 Å². The van der Waals surface area contributed by atoms with Gasteiger partial charge in [-0.15, -0.1) is 0 Å². The van der Waals surface area contributed by atoms with Crippen LogP contribution in [0.3, 0.4) is 0 Å². The molecule has 0 atom stereocenters. The summed E-state index contributed by atoms with van der Waals surface area (Å²) in [6, 6.07) is 8.24. The topological polar surface area (TPSA) is 92.7 Å². The van der Waals surface area contributed by atoms with Gasteiger partial charge in [0, 0.05) is 17.0 Å². The molecule has 2 heterocycles. The Kier molecular flexibility index (Phi) is 6.10. The molecule has 0 aliphatic rings. The van der Waals surface area contributed by atoms with Gasteiger partial charge in [0.05, 0.1) is 11.6 Å². The number of halogens is 2. The van der Waals surface area contributed by atoms with Crippen molar-refractivity contribution in [3.63, 3.8) is 0 Å². The molecule has 0 saturated heterocycles. The van der Waals surface area contributed by atoms with Gasteiger partial charge in [0.2, 0.25) is 5.91 Å². The SMILES string of the molecule is Cc1cc(C#N)cc(Cl)n1.Cc1cc(C(N)=O)cc(Cl)n1. The first-order valence-electron chi connectivity index (χ1n) is 5.80. The number of aromatic nitrogens is 2. The first-order chi connectivity index (χ1) is 9.81. The summed E-state index contributed by atoms with van der Waals surface area (Å²) in [7, 11) is 0. The van der Waals surface area contributed by atoms with Gasteiger partial charge >= 0.3 is 0 Å². The largest absolute Gasteiger partial charge is 0.366 e. The normalized spacial score (nSPS) is 9.29. The van der Waals surface area contributed by atoms with E-state index in [1.807, 2.05) is 6.07 Å². The number of rotatable bonds is 1. The van der Waals surface area contributed by atoms with Crippen molar-refractivity contribution in [3.8, 4) is 6.07 Å². The minimum Gasteiger partial charge on any atom is -0.366 e. The molecule has 0 aromatic carbocycles. The lowest BCUT2D eigenvalue weighted by Crippen LogP contribution is -2.11. The monoisotopic (exact) mass is 322 g/mol. The molecule has 2 aromatic heterocycles. The van der Waals surface area contributed by atoms with E-state index >= 15 is 0 Å². The number of aryl methyl sites for hydroxylation is 2. The Balaban J connectivity index is 0.000000211. The van der Waals surface area contributed by atoms with Crippen LogP contribution in [0.1, 0.15) is 27.3 Å². The number of nitriles is 1. The van der Waals surface area contributed by atoms with E-state index in [9.17, 15) is 4.79 Å². The van der Waals surface area contributed by atoms with Gasteiger partial charge < -0.3 is 5.73 Å². The standard InChI is InChI=1S/C7H7ClN2O.C7H5ClN2/c1-4-2-5(7(9)11)3-6(8)10-4;1-5-2-6(4-9)3-7(8)10-5/h2-3H,1H3,(H2,9,11);2-3H,1H3. The van der Waals surface area contributed by atoms with Crippen LogP contribution in [0.2, 0.25) is 10.3 Å².